The van der Waals surface area contributed by atoms with E-state index in [9.17, 15) is 9.59 Å². The van der Waals surface area contributed by atoms with Crippen molar-refractivity contribution >= 4 is 22.8 Å². The Labute approximate surface area is 152 Å². The fourth-order valence-electron chi connectivity index (χ4n) is 4.08. The first kappa shape index (κ1) is 18.0. The molecule has 1 unspecified atom stereocenters. The van der Waals surface area contributed by atoms with Crippen LogP contribution in [0.3, 0.4) is 0 Å². The normalized spacial score (nSPS) is 18.1. The first-order chi connectivity index (χ1) is 12.4. The van der Waals surface area contributed by atoms with Crippen LogP contribution in [0.5, 0.6) is 5.75 Å². The molecule has 1 aliphatic carbocycles. The van der Waals surface area contributed by atoms with Crippen LogP contribution >= 0.6 is 0 Å². The first-order valence-corrected chi connectivity index (χ1v) is 8.38. The fraction of sp³-hybridized carbons (Fsp3) is 0.400. The van der Waals surface area contributed by atoms with E-state index in [0.29, 0.717) is 0 Å². The number of nitrogens with zero attached hydrogens (tertiary/aromatic N) is 1. The molecule has 6 heteroatoms. The van der Waals surface area contributed by atoms with E-state index >= 15 is 0 Å². The lowest BCUT2D eigenvalue weighted by Gasteiger charge is -2.36. The van der Waals surface area contributed by atoms with Crippen molar-refractivity contribution < 1.29 is 23.8 Å². The Morgan fingerprint density at radius 3 is 2.42 bits per heavy atom. The second kappa shape index (κ2) is 6.52. The number of carbonyl (C=O) groups is 2. The van der Waals surface area contributed by atoms with Gasteiger partial charge in [-0.25, -0.2) is 0 Å². The summed E-state index contributed by atoms with van der Waals surface area (Å²) in [6.07, 6.45) is 2.26. The second-order valence-corrected chi connectivity index (χ2v) is 6.59. The molecule has 138 valence electrons. The average Bonchev–Trinajstić information content (AvgIpc) is 2.97. The molecule has 1 atom stereocenters. The molecule has 3 rings (SSSR count). The molecule has 0 saturated heterocycles. The summed E-state index contributed by atoms with van der Waals surface area (Å²) in [6.45, 7) is 3.93. The summed E-state index contributed by atoms with van der Waals surface area (Å²) in [5, 5.41) is 1.04. The van der Waals surface area contributed by atoms with Crippen LogP contribution in [0.1, 0.15) is 23.6 Å². The lowest BCUT2D eigenvalue weighted by molar-refractivity contribution is -0.170. The number of benzene rings is 1. The van der Waals surface area contributed by atoms with Gasteiger partial charge in [0.1, 0.15) is 5.75 Å². The van der Waals surface area contributed by atoms with Crippen molar-refractivity contribution in [2.75, 3.05) is 21.3 Å². The third kappa shape index (κ3) is 2.40. The molecule has 2 aromatic rings. The van der Waals surface area contributed by atoms with Gasteiger partial charge in [0.25, 0.3) is 0 Å². The Hall–Kier alpha value is -2.76. The molecule has 1 aliphatic rings. The van der Waals surface area contributed by atoms with Crippen molar-refractivity contribution in [3.63, 3.8) is 0 Å². The topological polar surface area (TPSA) is 66.8 Å². The lowest BCUT2D eigenvalue weighted by Crippen LogP contribution is -2.46. The van der Waals surface area contributed by atoms with Gasteiger partial charge in [-0.3, -0.25) is 9.59 Å². The van der Waals surface area contributed by atoms with Gasteiger partial charge in [0.05, 0.1) is 21.3 Å². The van der Waals surface area contributed by atoms with Gasteiger partial charge < -0.3 is 18.8 Å². The van der Waals surface area contributed by atoms with Crippen LogP contribution in [0.25, 0.3) is 10.9 Å². The molecule has 0 N–H and O–H groups in total. The zero-order valence-corrected chi connectivity index (χ0v) is 15.5. The average molecular weight is 357 g/mol. The summed E-state index contributed by atoms with van der Waals surface area (Å²) >= 11 is 0. The number of rotatable bonds is 4. The number of hydrogen-bond donors (Lipinski definition) is 0. The summed E-state index contributed by atoms with van der Waals surface area (Å²) in [5.41, 5.74) is 1.61. The molecule has 26 heavy (non-hydrogen) atoms. The van der Waals surface area contributed by atoms with Gasteiger partial charge in [0.15, 0.2) is 5.41 Å². The third-order valence-electron chi connectivity index (χ3n) is 5.42. The molecule has 0 fully saturated rings. The van der Waals surface area contributed by atoms with Crippen molar-refractivity contribution in [3.8, 4) is 5.75 Å². The summed E-state index contributed by atoms with van der Waals surface area (Å²) in [4.78, 5) is 25.2. The SMILES string of the molecule is C=CC1CC(C(=O)OC)(C(=O)OC)Cc2c1c1cc(OC)ccc1n2C. The van der Waals surface area contributed by atoms with Crippen LogP contribution in [-0.2, 0) is 32.5 Å². The maximum absolute atomic E-state index is 12.6. The Balaban J connectivity index is 2.28. The molecular formula is C20H23NO5. The van der Waals surface area contributed by atoms with E-state index in [2.05, 4.69) is 6.58 Å². The highest BCUT2D eigenvalue weighted by molar-refractivity contribution is 6.01. The van der Waals surface area contributed by atoms with Crippen molar-refractivity contribution in [1.82, 2.24) is 4.57 Å². The molecule has 0 amide bonds. The van der Waals surface area contributed by atoms with Crippen molar-refractivity contribution in [3.05, 3.63) is 42.1 Å². The monoisotopic (exact) mass is 357 g/mol. The van der Waals surface area contributed by atoms with Crippen LogP contribution < -0.4 is 4.74 Å². The second-order valence-electron chi connectivity index (χ2n) is 6.59. The lowest BCUT2D eigenvalue weighted by atomic mass is 9.68. The largest absolute Gasteiger partial charge is 0.497 e. The minimum atomic E-state index is -1.37. The smallest absolute Gasteiger partial charge is 0.323 e. The molecule has 0 saturated carbocycles. The van der Waals surface area contributed by atoms with Gasteiger partial charge in [-0.15, -0.1) is 6.58 Å². The highest BCUT2D eigenvalue weighted by atomic mass is 16.5. The van der Waals surface area contributed by atoms with E-state index in [1.54, 1.807) is 13.2 Å². The minimum Gasteiger partial charge on any atom is -0.497 e. The Morgan fingerprint density at radius 1 is 1.23 bits per heavy atom. The minimum absolute atomic E-state index is 0.187. The predicted octanol–water partition coefficient (Wildman–Crippen LogP) is 2.74. The third-order valence-corrected chi connectivity index (χ3v) is 5.42. The van der Waals surface area contributed by atoms with Crippen LogP contribution in [0, 0.1) is 5.41 Å². The van der Waals surface area contributed by atoms with Gasteiger partial charge in [0.2, 0.25) is 0 Å². The van der Waals surface area contributed by atoms with E-state index in [0.717, 1.165) is 27.9 Å². The standard InChI is InChI=1S/C20H23NO5/c1-6-12-10-20(18(22)25-4,19(23)26-5)11-16-17(12)14-9-13(24-3)7-8-15(14)21(16)2/h6-9,12H,1,10-11H2,2-5H3. The highest BCUT2D eigenvalue weighted by Gasteiger charge is 2.53. The van der Waals surface area contributed by atoms with E-state index < -0.39 is 17.4 Å². The Kier molecular flexibility index (Phi) is 4.52. The maximum atomic E-state index is 12.6. The van der Waals surface area contributed by atoms with E-state index in [4.69, 9.17) is 14.2 Å². The van der Waals surface area contributed by atoms with Crippen molar-refractivity contribution in [2.24, 2.45) is 12.5 Å². The first-order valence-electron chi connectivity index (χ1n) is 8.38. The molecule has 1 aromatic carbocycles. The quantitative estimate of drug-likeness (QED) is 0.478. The molecule has 6 nitrogen and oxygen atoms in total. The summed E-state index contributed by atoms with van der Waals surface area (Å²) in [7, 11) is 6.13. The zero-order chi connectivity index (χ0) is 19.1. The van der Waals surface area contributed by atoms with Gasteiger partial charge in [0, 0.05) is 36.0 Å². The van der Waals surface area contributed by atoms with Crippen LogP contribution in [0.4, 0.5) is 0 Å². The molecule has 0 aliphatic heterocycles. The maximum Gasteiger partial charge on any atom is 0.323 e. The fourth-order valence-corrected chi connectivity index (χ4v) is 4.08. The van der Waals surface area contributed by atoms with Crippen LogP contribution in [-0.4, -0.2) is 37.8 Å². The predicted molar refractivity (Wildman–Crippen MR) is 97.2 cm³/mol. The highest BCUT2D eigenvalue weighted by Crippen LogP contribution is 2.48. The number of allylic oxidation sites excluding steroid dienone is 1. The van der Waals surface area contributed by atoms with Gasteiger partial charge in [-0.1, -0.05) is 6.08 Å². The van der Waals surface area contributed by atoms with Crippen LogP contribution in [0.2, 0.25) is 0 Å². The Morgan fingerprint density at radius 2 is 1.88 bits per heavy atom. The van der Waals surface area contributed by atoms with Gasteiger partial charge >= 0.3 is 11.9 Å². The summed E-state index contributed by atoms with van der Waals surface area (Å²) in [5.74, 6) is -0.589. The number of fused-ring (bicyclic) bond motifs is 3. The Bertz CT molecular complexity index is 879. The van der Waals surface area contributed by atoms with Crippen molar-refractivity contribution in [2.45, 2.75) is 18.8 Å². The summed E-state index contributed by atoms with van der Waals surface area (Å²) < 4.78 is 17.3. The number of aryl methyl sites for hydroxylation is 1. The number of aromatic nitrogens is 1. The molecule has 1 aromatic heterocycles. The number of esters is 2. The number of carbonyl (C=O) groups excluding carboxylic acids is 2. The van der Waals surface area contributed by atoms with E-state index in [1.807, 2.05) is 29.8 Å². The molecule has 1 heterocycles. The molecule has 0 bridgehead atoms. The van der Waals surface area contributed by atoms with E-state index in [1.165, 1.54) is 14.2 Å². The number of methoxy groups -OCH3 is 3. The van der Waals surface area contributed by atoms with Gasteiger partial charge in [-0.05, 0) is 30.2 Å². The summed E-state index contributed by atoms with van der Waals surface area (Å²) in [6, 6.07) is 5.85. The van der Waals surface area contributed by atoms with Gasteiger partial charge in [-0.2, -0.15) is 0 Å². The molecular weight excluding hydrogens is 334 g/mol. The zero-order valence-electron chi connectivity index (χ0n) is 15.5. The van der Waals surface area contributed by atoms with Crippen molar-refractivity contribution in [1.29, 1.82) is 0 Å². The number of hydrogen-bond acceptors (Lipinski definition) is 5. The molecule has 0 radical (unpaired) electrons. The number of ether oxygens (including phenoxy) is 3. The molecule has 0 spiro atoms. The van der Waals surface area contributed by atoms with Crippen LogP contribution in [0.15, 0.2) is 30.9 Å². The van der Waals surface area contributed by atoms with E-state index in [-0.39, 0.29) is 18.8 Å².